The van der Waals surface area contributed by atoms with E-state index in [1.807, 2.05) is 0 Å². The summed E-state index contributed by atoms with van der Waals surface area (Å²) in [6, 6.07) is 33.9. The molecule has 8 rings (SSSR count). The SMILES string of the molecule is c1cc2c3c(c1)-c1cc4ccccc4cc1-n1c4ccccc4c4ccc(c-3c41)C2. The Hall–Kier alpha value is -3.84. The molecule has 0 saturated heterocycles. The fourth-order valence-electron chi connectivity index (χ4n) is 5.88. The lowest BCUT2D eigenvalue weighted by atomic mass is 9.92. The third kappa shape index (κ3) is 1.63. The van der Waals surface area contributed by atoms with E-state index in [2.05, 4.69) is 95.6 Å². The molecule has 2 heterocycles. The highest BCUT2D eigenvalue weighted by atomic mass is 15.0. The third-order valence-electron chi connectivity index (χ3n) is 7.10. The minimum absolute atomic E-state index is 1.03. The predicted molar refractivity (Wildman–Crippen MR) is 126 cm³/mol. The lowest BCUT2D eigenvalue weighted by Gasteiger charge is -2.15. The summed E-state index contributed by atoms with van der Waals surface area (Å²) < 4.78 is 2.53. The van der Waals surface area contributed by atoms with Gasteiger partial charge in [-0.25, -0.2) is 0 Å². The lowest BCUT2D eigenvalue weighted by molar-refractivity contribution is 1.19. The van der Waals surface area contributed by atoms with E-state index in [-0.39, 0.29) is 0 Å². The maximum absolute atomic E-state index is 2.53. The molecule has 0 atom stereocenters. The van der Waals surface area contributed by atoms with Crippen LogP contribution in [0.25, 0.3) is 60.5 Å². The van der Waals surface area contributed by atoms with Gasteiger partial charge in [0.15, 0.2) is 0 Å². The monoisotopic (exact) mass is 379 g/mol. The summed E-state index contributed by atoms with van der Waals surface area (Å²) in [5.74, 6) is 0. The average Bonchev–Trinajstić information content (AvgIpc) is 3.29. The van der Waals surface area contributed by atoms with Crippen LogP contribution in [-0.2, 0) is 6.42 Å². The first kappa shape index (κ1) is 15.1. The van der Waals surface area contributed by atoms with Crippen molar-refractivity contribution in [3.8, 4) is 27.9 Å². The van der Waals surface area contributed by atoms with E-state index in [0.29, 0.717) is 0 Å². The molecule has 0 bridgehead atoms. The number of para-hydroxylation sites is 1. The number of hydrogen-bond acceptors (Lipinski definition) is 0. The van der Waals surface area contributed by atoms with Crippen molar-refractivity contribution in [3.63, 3.8) is 0 Å². The van der Waals surface area contributed by atoms with Gasteiger partial charge in [-0.15, -0.1) is 0 Å². The summed E-state index contributed by atoms with van der Waals surface area (Å²) in [7, 11) is 0. The van der Waals surface area contributed by atoms with E-state index in [0.717, 1.165) is 6.42 Å². The number of rotatable bonds is 0. The molecule has 0 fully saturated rings. The topological polar surface area (TPSA) is 4.93 Å². The van der Waals surface area contributed by atoms with Crippen LogP contribution in [-0.4, -0.2) is 4.57 Å². The van der Waals surface area contributed by atoms with Crippen LogP contribution in [0, 0.1) is 0 Å². The Kier molecular flexibility index (Phi) is 2.51. The highest BCUT2D eigenvalue weighted by molar-refractivity contribution is 6.18. The van der Waals surface area contributed by atoms with Crippen LogP contribution < -0.4 is 0 Å². The van der Waals surface area contributed by atoms with E-state index >= 15 is 0 Å². The van der Waals surface area contributed by atoms with Gasteiger partial charge in [0.2, 0.25) is 0 Å². The maximum atomic E-state index is 2.53. The summed E-state index contributed by atoms with van der Waals surface area (Å²) in [5, 5.41) is 5.28. The zero-order chi connectivity index (χ0) is 19.4. The van der Waals surface area contributed by atoms with Gasteiger partial charge in [-0.2, -0.15) is 0 Å². The van der Waals surface area contributed by atoms with Gasteiger partial charge in [0.05, 0.1) is 16.7 Å². The largest absolute Gasteiger partial charge is 0.308 e. The van der Waals surface area contributed by atoms with Gasteiger partial charge in [0, 0.05) is 21.9 Å². The minimum atomic E-state index is 1.03. The molecule has 1 aliphatic carbocycles. The van der Waals surface area contributed by atoms with Crippen molar-refractivity contribution in [2.45, 2.75) is 6.42 Å². The Balaban J connectivity index is 1.73. The number of fused-ring (bicyclic) bond motifs is 7. The molecule has 30 heavy (non-hydrogen) atoms. The number of benzene rings is 5. The molecule has 1 aromatic heterocycles. The van der Waals surface area contributed by atoms with E-state index in [4.69, 9.17) is 0 Å². The molecule has 2 aliphatic rings. The highest BCUT2D eigenvalue weighted by Crippen LogP contribution is 2.52. The van der Waals surface area contributed by atoms with Crippen molar-refractivity contribution >= 4 is 32.6 Å². The Morgan fingerprint density at radius 2 is 1.37 bits per heavy atom. The second kappa shape index (κ2) is 5.01. The molecule has 1 heteroatoms. The van der Waals surface area contributed by atoms with Gasteiger partial charge in [-0.1, -0.05) is 72.8 Å². The van der Waals surface area contributed by atoms with Crippen molar-refractivity contribution in [2.75, 3.05) is 0 Å². The van der Waals surface area contributed by atoms with Crippen molar-refractivity contribution in [2.24, 2.45) is 0 Å². The molecule has 0 spiro atoms. The van der Waals surface area contributed by atoms with Crippen molar-refractivity contribution in [1.29, 1.82) is 0 Å². The first-order chi connectivity index (χ1) is 14.9. The Labute approximate surface area is 173 Å². The van der Waals surface area contributed by atoms with Crippen molar-refractivity contribution in [1.82, 2.24) is 4.57 Å². The van der Waals surface area contributed by atoms with E-state index < -0.39 is 0 Å². The Morgan fingerprint density at radius 1 is 0.567 bits per heavy atom. The summed E-state index contributed by atoms with van der Waals surface area (Å²) in [4.78, 5) is 0. The van der Waals surface area contributed by atoms with Crippen molar-refractivity contribution < 1.29 is 0 Å². The zero-order valence-corrected chi connectivity index (χ0v) is 16.3. The fraction of sp³-hybridized carbons (Fsp3) is 0.0345. The second-order valence-electron chi connectivity index (χ2n) is 8.58. The van der Waals surface area contributed by atoms with Crippen LogP contribution in [0.4, 0.5) is 0 Å². The molecule has 6 aromatic rings. The molecule has 0 N–H and O–H groups in total. The van der Waals surface area contributed by atoms with Crippen LogP contribution in [0.5, 0.6) is 0 Å². The van der Waals surface area contributed by atoms with Crippen LogP contribution in [0.15, 0.2) is 91.0 Å². The smallest absolute Gasteiger partial charge is 0.0622 e. The van der Waals surface area contributed by atoms with Gasteiger partial charge in [0.25, 0.3) is 0 Å². The minimum Gasteiger partial charge on any atom is -0.308 e. The summed E-state index contributed by atoms with van der Waals surface area (Å²) in [6.07, 6.45) is 1.03. The predicted octanol–water partition coefficient (Wildman–Crippen LogP) is 7.49. The van der Waals surface area contributed by atoms with E-state index in [1.54, 1.807) is 0 Å². The van der Waals surface area contributed by atoms with E-state index in [1.165, 1.54) is 71.6 Å². The van der Waals surface area contributed by atoms with Gasteiger partial charge in [0.1, 0.15) is 0 Å². The highest BCUT2D eigenvalue weighted by Gasteiger charge is 2.31. The summed E-state index contributed by atoms with van der Waals surface area (Å²) in [5.41, 5.74) is 12.4. The molecule has 1 nitrogen and oxygen atoms in total. The second-order valence-corrected chi connectivity index (χ2v) is 8.58. The Bertz CT molecular complexity index is 1710. The molecule has 0 amide bonds. The number of aromatic nitrogens is 1. The molecule has 0 unspecified atom stereocenters. The molecule has 138 valence electrons. The average molecular weight is 379 g/mol. The molecular formula is C29H17N. The van der Waals surface area contributed by atoms with Crippen LogP contribution >= 0.6 is 0 Å². The zero-order valence-electron chi connectivity index (χ0n) is 16.3. The lowest BCUT2D eigenvalue weighted by Crippen LogP contribution is -1.97. The molecule has 5 aromatic carbocycles. The molecule has 1 aliphatic heterocycles. The van der Waals surface area contributed by atoms with Gasteiger partial charge in [-0.3, -0.25) is 0 Å². The standard InChI is InChI=1S/C29H17N/c1-2-7-18-16-26-24(15-17(18)6-1)22-10-5-8-19-14-20-12-13-23-21-9-3-4-11-25(21)30(26)29(23)28(20)27(19)22/h1-13,15-16H,14H2. The molecule has 0 radical (unpaired) electrons. The third-order valence-corrected chi connectivity index (χ3v) is 7.10. The van der Waals surface area contributed by atoms with Crippen molar-refractivity contribution in [3.05, 3.63) is 102 Å². The first-order valence-electron chi connectivity index (χ1n) is 10.6. The number of hydrogen-bond donors (Lipinski definition) is 0. The van der Waals surface area contributed by atoms with Crippen LogP contribution in [0.3, 0.4) is 0 Å². The van der Waals surface area contributed by atoms with Crippen LogP contribution in [0.2, 0.25) is 0 Å². The maximum Gasteiger partial charge on any atom is 0.0622 e. The van der Waals surface area contributed by atoms with Gasteiger partial charge >= 0.3 is 0 Å². The summed E-state index contributed by atoms with van der Waals surface area (Å²) in [6.45, 7) is 0. The normalized spacial score (nSPS) is 13.2. The van der Waals surface area contributed by atoms with Gasteiger partial charge in [-0.05, 0) is 57.6 Å². The molecular weight excluding hydrogens is 362 g/mol. The molecule has 0 saturated carbocycles. The first-order valence-corrected chi connectivity index (χ1v) is 10.6. The fourth-order valence-corrected chi connectivity index (χ4v) is 5.88. The van der Waals surface area contributed by atoms with Gasteiger partial charge < -0.3 is 4.57 Å². The quantitative estimate of drug-likeness (QED) is 0.257. The van der Waals surface area contributed by atoms with E-state index in [9.17, 15) is 0 Å². The van der Waals surface area contributed by atoms with Crippen LogP contribution in [0.1, 0.15) is 11.1 Å². The number of nitrogens with zero attached hydrogens (tertiary/aromatic N) is 1. The Morgan fingerprint density at radius 3 is 2.30 bits per heavy atom. The summed E-state index contributed by atoms with van der Waals surface area (Å²) >= 11 is 0.